The fourth-order valence-electron chi connectivity index (χ4n) is 4.65. The summed E-state index contributed by atoms with van der Waals surface area (Å²) >= 11 is 0. The minimum atomic E-state index is -1.17. The zero-order valence-corrected chi connectivity index (χ0v) is 32.8. The summed E-state index contributed by atoms with van der Waals surface area (Å²) in [5.74, 6) is -1.45. The highest BCUT2D eigenvalue weighted by molar-refractivity contribution is 5.93. The number of anilines is 1. The molecule has 0 aliphatic heterocycles. The number of rotatable bonds is 13. The SMILES string of the molecule is C=CCOC(=O)Nc1cccc(C(C)(C)C(C(=O)NC(C(=O)N(C)C/C=C(\C)C(=O)OCC)C(C)(C)C)N(C)C(=O)OC(C)(C)C)c1.CCC. The summed E-state index contributed by atoms with van der Waals surface area (Å²) in [7, 11) is 3.05. The number of ether oxygens (including phenoxy) is 3. The zero-order chi connectivity index (χ0) is 39.0. The van der Waals surface area contributed by atoms with E-state index in [4.69, 9.17) is 14.2 Å². The molecule has 1 aromatic rings. The van der Waals surface area contributed by atoms with E-state index in [1.54, 1.807) is 85.9 Å². The first kappa shape index (κ1) is 45.6. The summed E-state index contributed by atoms with van der Waals surface area (Å²) in [6, 6.07) is 4.68. The summed E-state index contributed by atoms with van der Waals surface area (Å²) in [4.78, 5) is 68.4. The Bertz CT molecular complexity index is 1340. The molecular formula is C38H62N4O8. The van der Waals surface area contributed by atoms with Crippen LogP contribution >= 0.6 is 0 Å². The van der Waals surface area contributed by atoms with E-state index in [9.17, 15) is 24.0 Å². The topological polar surface area (TPSA) is 144 Å². The van der Waals surface area contributed by atoms with Gasteiger partial charge in [-0.15, -0.1) is 0 Å². The number of esters is 1. The van der Waals surface area contributed by atoms with Crippen LogP contribution in [0.5, 0.6) is 0 Å². The molecule has 0 aromatic heterocycles. The molecular weight excluding hydrogens is 640 g/mol. The average molecular weight is 703 g/mol. The maximum atomic E-state index is 14.4. The van der Waals surface area contributed by atoms with Crippen LogP contribution in [0.4, 0.5) is 15.3 Å². The van der Waals surface area contributed by atoms with Gasteiger partial charge in [-0.3, -0.25) is 19.8 Å². The number of nitrogens with zero attached hydrogens (tertiary/aromatic N) is 2. The van der Waals surface area contributed by atoms with E-state index in [-0.39, 0.29) is 25.7 Å². The molecule has 50 heavy (non-hydrogen) atoms. The van der Waals surface area contributed by atoms with Gasteiger partial charge in [-0.1, -0.05) is 85.8 Å². The lowest BCUT2D eigenvalue weighted by atomic mass is 9.76. The molecule has 0 aliphatic carbocycles. The Hall–Kier alpha value is -4.35. The largest absolute Gasteiger partial charge is 0.463 e. The molecule has 282 valence electrons. The lowest BCUT2D eigenvalue weighted by molar-refractivity contribution is -0.140. The summed E-state index contributed by atoms with van der Waals surface area (Å²) in [5.41, 5.74) is -1.27. The standard InChI is InChI=1S/C35H54N4O8.C3H8/c1-14-21-46-31(43)36-25-18-16-17-24(22-25)35(10,11)27(39(13)32(44)47-34(7,8)9)28(40)37-26(33(4,5)6)29(41)38(12)20-19-23(3)30(42)45-15-2;1-3-2/h14,16-19,22,26-27H,1,15,20-21H2,2-13H3,(H,36,43)(H,37,40);3H2,1-2H3/b23-19+;. The Labute approximate surface area is 300 Å². The van der Waals surface area contributed by atoms with Gasteiger partial charge in [0.2, 0.25) is 11.8 Å². The summed E-state index contributed by atoms with van der Waals surface area (Å²) in [5, 5.41) is 5.58. The molecule has 4 amide bonds. The van der Waals surface area contributed by atoms with E-state index < -0.39 is 52.6 Å². The van der Waals surface area contributed by atoms with E-state index in [0.717, 1.165) is 0 Å². The van der Waals surface area contributed by atoms with Crippen molar-refractivity contribution in [3.63, 3.8) is 0 Å². The van der Waals surface area contributed by atoms with Crippen molar-refractivity contribution in [2.24, 2.45) is 5.41 Å². The number of hydrogen-bond donors (Lipinski definition) is 2. The molecule has 0 radical (unpaired) electrons. The zero-order valence-electron chi connectivity index (χ0n) is 32.8. The van der Waals surface area contributed by atoms with Crippen molar-refractivity contribution in [1.82, 2.24) is 15.1 Å². The van der Waals surface area contributed by atoms with Gasteiger partial charge in [-0.05, 0) is 57.7 Å². The van der Waals surface area contributed by atoms with Gasteiger partial charge in [0.15, 0.2) is 0 Å². The highest BCUT2D eigenvalue weighted by atomic mass is 16.6. The van der Waals surface area contributed by atoms with Crippen LogP contribution in [-0.2, 0) is 34.0 Å². The van der Waals surface area contributed by atoms with Crippen LogP contribution in [0.15, 0.2) is 48.6 Å². The Morgan fingerprint density at radius 2 is 1.52 bits per heavy atom. The minimum Gasteiger partial charge on any atom is -0.463 e. The molecule has 2 unspecified atom stereocenters. The fourth-order valence-corrected chi connectivity index (χ4v) is 4.65. The molecule has 1 rings (SSSR count). The van der Waals surface area contributed by atoms with Gasteiger partial charge in [0.05, 0.1) is 6.61 Å². The average Bonchev–Trinajstić information content (AvgIpc) is 3.00. The van der Waals surface area contributed by atoms with E-state index >= 15 is 0 Å². The Balaban J connectivity index is 0.00000770. The van der Waals surface area contributed by atoms with E-state index in [1.165, 1.54) is 29.3 Å². The Morgan fingerprint density at radius 3 is 2.02 bits per heavy atom. The predicted octanol–water partition coefficient (Wildman–Crippen LogP) is 6.85. The number of nitrogens with one attached hydrogen (secondary N) is 2. The molecule has 2 atom stereocenters. The molecule has 0 fully saturated rings. The van der Waals surface area contributed by atoms with Crippen LogP contribution in [-0.4, -0.2) is 91.3 Å². The third-order valence-corrected chi connectivity index (χ3v) is 7.23. The summed E-state index contributed by atoms with van der Waals surface area (Å²) < 4.78 is 15.7. The molecule has 12 heteroatoms. The molecule has 12 nitrogen and oxygen atoms in total. The highest BCUT2D eigenvalue weighted by Gasteiger charge is 2.45. The van der Waals surface area contributed by atoms with Crippen molar-refractivity contribution in [2.45, 2.75) is 113 Å². The molecule has 0 saturated carbocycles. The Morgan fingerprint density at radius 1 is 0.940 bits per heavy atom. The second-order valence-electron chi connectivity index (χ2n) is 14.6. The quantitative estimate of drug-likeness (QED) is 0.0984. The number of carbonyl (C=O) groups excluding carboxylic acids is 5. The molecule has 1 aromatic carbocycles. The van der Waals surface area contributed by atoms with Gasteiger partial charge in [0, 0.05) is 37.3 Å². The first-order chi connectivity index (χ1) is 23.0. The highest BCUT2D eigenvalue weighted by Crippen LogP contribution is 2.33. The predicted molar refractivity (Wildman–Crippen MR) is 198 cm³/mol. The molecule has 0 heterocycles. The van der Waals surface area contributed by atoms with Crippen molar-refractivity contribution in [3.8, 4) is 0 Å². The van der Waals surface area contributed by atoms with Crippen LogP contribution in [0.3, 0.4) is 0 Å². The number of likely N-dealkylation sites (N-methyl/N-ethyl adjacent to an activating group) is 2. The van der Waals surface area contributed by atoms with Crippen LogP contribution in [0, 0.1) is 5.41 Å². The van der Waals surface area contributed by atoms with Gasteiger partial charge in [0.25, 0.3) is 0 Å². The van der Waals surface area contributed by atoms with Gasteiger partial charge >= 0.3 is 18.2 Å². The number of amides is 4. The van der Waals surface area contributed by atoms with Crippen LogP contribution in [0.1, 0.15) is 95.1 Å². The number of hydrogen-bond acceptors (Lipinski definition) is 8. The first-order valence-corrected chi connectivity index (χ1v) is 17.0. The van der Waals surface area contributed by atoms with Crippen molar-refractivity contribution in [3.05, 3.63) is 54.1 Å². The maximum absolute atomic E-state index is 14.4. The lowest BCUT2D eigenvalue weighted by Crippen LogP contribution is -2.62. The second kappa shape index (κ2) is 20.4. The van der Waals surface area contributed by atoms with Crippen molar-refractivity contribution in [1.29, 1.82) is 0 Å². The van der Waals surface area contributed by atoms with Gasteiger partial charge in [0.1, 0.15) is 24.3 Å². The van der Waals surface area contributed by atoms with Crippen LogP contribution in [0.25, 0.3) is 0 Å². The molecule has 0 aliphatic rings. The normalized spacial score (nSPS) is 13.0. The molecule has 0 saturated heterocycles. The van der Waals surface area contributed by atoms with Gasteiger partial charge < -0.3 is 24.4 Å². The lowest BCUT2D eigenvalue weighted by Gasteiger charge is -2.42. The molecule has 0 bridgehead atoms. The van der Waals surface area contributed by atoms with E-state index in [1.807, 2.05) is 20.8 Å². The van der Waals surface area contributed by atoms with Gasteiger partial charge in [-0.25, -0.2) is 14.4 Å². The minimum absolute atomic E-state index is 0.0318. The second-order valence-corrected chi connectivity index (χ2v) is 14.6. The summed E-state index contributed by atoms with van der Waals surface area (Å²) in [6.45, 7) is 25.7. The smallest absolute Gasteiger partial charge is 0.411 e. The van der Waals surface area contributed by atoms with E-state index in [2.05, 4.69) is 31.1 Å². The first-order valence-electron chi connectivity index (χ1n) is 17.0. The summed E-state index contributed by atoms with van der Waals surface area (Å²) in [6.07, 6.45) is 2.88. The molecule has 2 N–H and O–H groups in total. The Kier molecular flexibility index (Phi) is 18.6. The van der Waals surface area contributed by atoms with Crippen molar-refractivity contribution >= 4 is 35.7 Å². The number of benzene rings is 1. The van der Waals surface area contributed by atoms with Crippen molar-refractivity contribution in [2.75, 3.05) is 39.2 Å². The van der Waals surface area contributed by atoms with E-state index in [0.29, 0.717) is 16.8 Å². The molecule has 0 spiro atoms. The number of carbonyl (C=O) groups is 5. The fraction of sp³-hybridized carbons (Fsp3) is 0.605. The monoisotopic (exact) mass is 702 g/mol. The van der Waals surface area contributed by atoms with Gasteiger partial charge in [-0.2, -0.15) is 0 Å². The third kappa shape index (κ3) is 15.0. The van der Waals surface area contributed by atoms with Crippen LogP contribution in [0.2, 0.25) is 0 Å². The van der Waals surface area contributed by atoms with Crippen LogP contribution < -0.4 is 10.6 Å². The third-order valence-electron chi connectivity index (χ3n) is 7.23. The maximum Gasteiger partial charge on any atom is 0.411 e. The van der Waals surface area contributed by atoms with Crippen molar-refractivity contribution < 1.29 is 38.2 Å².